The quantitative estimate of drug-likeness (QED) is 0.751. The van der Waals surface area contributed by atoms with Gasteiger partial charge in [-0.1, -0.05) is 23.8 Å². The number of hydrogen-bond donors (Lipinski definition) is 2. The zero-order chi connectivity index (χ0) is 10.4. The molecule has 0 bridgehead atoms. The maximum Gasteiger partial charge on any atom is 0.122 e. The van der Waals surface area contributed by atoms with Gasteiger partial charge in [-0.05, 0) is 38.2 Å². The fraction of sp³-hybridized carbons (Fsp3) is 0.273. The highest BCUT2D eigenvalue weighted by molar-refractivity contribution is 6.30. The minimum Gasteiger partial charge on any atom is -0.507 e. The lowest BCUT2D eigenvalue weighted by Crippen LogP contribution is -2.05. The second-order valence-electron chi connectivity index (χ2n) is 3.00. The normalized spacial score (nSPS) is 11.0. The Morgan fingerprint density at radius 1 is 1.50 bits per heavy atom. The zero-order valence-corrected chi connectivity index (χ0v) is 8.88. The first-order valence-electron chi connectivity index (χ1n) is 4.53. The van der Waals surface area contributed by atoms with E-state index >= 15 is 0 Å². The summed E-state index contributed by atoms with van der Waals surface area (Å²) >= 11 is 5.80. The maximum absolute atomic E-state index is 9.47. The minimum atomic E-state index is 0.259. The summed E-state index contributed by atoms with van der Waals surface area (Å²) in [5.74, 6) is 0.259. The number of phenols is 1. The molecule has 0 spiro atoms. The van der Waals surface area contributed by atoms with Crippen molar-refractivity contribution in [2.45, 2.75) is 6.42 Å². The van der Waals surface area contributed by atoms with Crippen LogP contribution in [0.5, 0.6) is 5.75 Å². The number of hydrogen-bond acceptors (Lipinski definition) is 2. The first-order chi connectivity index (χ1) is 6.74. The summed E-state index contributed by atoms with van der Waals surface area (Å²) < 4.78 is 0. The van der Waals surface area contributed by atoms with Crippen LogP contribution in [0.4, 0.5) is 0 Å². The third kappa shape index (κ3) is 3.40. The summed E-state index contributed by atoms with van der Waals surface area (Å²) in [5, 5.41) is 13.1. The average Bonchev–Trinajstić information content (AvgIpc) is 2.18. The van der Waals surface area contributed by atoms with Crippen LogP contribution in [0, 0.1) is 0 Å². The molecule has 0 saturated carbocycles. The Morgan fingerprint density at radius 2 is 2.29 bits per heavy atom. The third-order valence-electron chi connectivity index (χ3n) is 1.85. The number of halogens is 1. The molecule has 1 rings (SSSR count). The van der Waals surface area contributed by atoms with E-state index in [1.54, 1.807) is 18.2 Å². The van der Waals surface area contributed by atoms with Gasteiger partial charge in [0.25, 0.3) is 0 Å². The molecule has 0 saturated heterocycles. The molecule has 14 heavy (non-hydrogen) atoms. The van der Waals surface area contributed by atoms with Gasteiger partial charge in [0.15, 0.2) is 0 Å². The van der Waals surface area contributed by atoms with Gasteiger partial charge in [0.1, 0.15) is 5.75 Å². The van der Waals surface area contributed by atoms with E-state index in [1.165, 1.54) is 0 Å². The van der Waals surface area contributed by atoms with E-state index in [4.69, 9.17) is 11.6 Å². The summed E-state index contributed by atoms with van der Waals surface area (Å²) in [6.45, 7) is 0.928. The molecule has 0 radical (unpaired) electrons. The molecule has 0 aliphatic heterocycles. The van der Waals surface area contributed by atoms with Crippen molar-refractivity contribution in [1.82, 2.24) is 5.32 Å². The highest BCUT2D eigenvalue weighted by Crippen LogP contribution is 2.22. The molecule has 0 heterocycles. The fourth-order valence-electron chi connectivity index (χ4n) is 1.10. The van der Waals surface area contributed by atoms with E-state index in [1.807, 2.05) is 19.2 Å². The summed E-state index contributed by atoms with van der Waals surface area (Å²) in [6.07, 6.45) is 4.81. The molecule has 0 fully saturated rings. The summed E-state index contributed by atoms with van der Waals surface area (Å²) in [5.41, 5.74) is 0.758. The lowest BCUT2D eigenvalue weighted by Gasteiger charge is -1.99. The Bertz CT molecular complexity index is 323. The minimum absolute atomic E-state index is 0.259. The van der Waals surface area contributed by atoms with E-state index in [0.717, 1.165) is 18.5 Å². The van der Waals surface area contributed by atoms with Crippen LogP contribution >= 0.6 is 11.6 Å². The molecule has 0 unspecified atom stereocenters. The Morgan fingerprint density at radius 3 is 3.00 bits per heavy atom. The van der Waals surface area contributed by atoms with Gasteiger partial charge in [-0.3, -0.25) is 0 Å². The average molecular weight is 212 g/mol. The van der Waals surface area contributed by atoms with E-state index in [-0.39, 0.29) is 5.75 Å². The number of aromatic hydroxyl groups is 1. The first-order valence-corrected chi connectivity index (χ1v) is 4.91. The highest BCUT2D eigenvalue weighted by Gasteiger charge is 1.96. The van der Waals surface area contributed by atoms with Crippen molar-refractivity contribution in [2.75, 3.05) is 13.6 Å². The predicted octanol–water partition coefficient (Wildman–Crippen LogP) is 2.67. The predicted molar refractivity (Wildman–Crippen MR) is 60.7 cm³/mol. The van der Waals surface area contributed by atoms with Crippen molar-refractivity contribution in [2.24, 2.45) is 0 Å². The summed E-state index contributed by atoms with van der Waals surface area (Å²) in [4.78, 5) is 0. The van der Waals surface area contributed by atoms with Crippen molar-refractivity contribution in [3.63, 3.8) is 0 Å². The number of benzene rings is 1. The van der Waals surface area contributed by atoms with E-state index < -0.39 is 0 Å². The van der Waals surface area contributed by atoms with Gasteiger partial charge in [0.2, 0.25) is 0 Å². The molecule has 0 amide bonds. The fourth-order valence-corrected chi connectivity index (χ4v) is 1.28. The Balaban J connectivity index is 2.65. The largest absolute Gasteiger partial charge is 0.507 e. The monoisotopic (exact) mass is 211 g/mol. The Hall–Kier alpha value is -0.990. The molecule has 0 aliphatic rings. The van der Waals surface area contributed by atoms with Crippen LogP contribution in [-0.4, -0.2) is 18.7 Å². The Labute approximate surface area is 89.2 Å². The van der Waals surface area contributed by atoms with Crippen molar-refractivity contribution in [3.05, 3.63) is 34.9 Å². The smallest absolute Gasteiger partial charge is 0.122 e. The molecular weight excluding hydrogens is 198 g/mol. The summed E-state index contributed by atoms with van der Waals surface area (Å²) in [6, 6.07) is 5.01. The van der Waals surface area contributed by atoms with Crippen molar-refractivity contribution in [1.29, 1.82) is 0 Å². The number of rotatable bonds is 4. The van der Waals surface area contributed by atoms with Crippen molar-refractivity contribution in [3.8, 4) is 5.75 Å². The number of nitrogens with one attached hydrogen (secondary N) is 1. The van der Waals surface area contributed by atoms with Crippen LogP contribution in [0.1, 0.15) is 12.0 Å². The van der Waals surface area contributed by atoms with Crippen LogP contribution in [0.15, 0.2) is 24.3 Å². The van der Waals surface area contributed by atoms with Crippen LogP contribution < -0.4 is 5.32 Å². The van der Waals surface area contributed by atoms with Crippen LogP contribution in [0.2, 0.25) is 5.02 Å². The molecule has 76 valence electrons. The van der Waals surface area contributed by atoms with Crippen LogP contribution in [0.25, 0.3) is 6.08 Å². The first kappa shape index (κ1) is 11.1. The zero-order valence-electron chi connectivity index (χ0n) is 8.13. The van der Waals surface area contributed by atoms with E-state index in [9.17, 15) is 5.11 Å². The Kier molecular flexibility index (Phi) is 4.50. The SMILES string of the molecule is CNCCC=Cc1cc(Cl)ccc1O. The molecule has 0 atom stereocenters. The summed E-state index contributed by atoms with van der Waals surface area (Å²) in [7, 11) is 1.91. The molecule has 2 N–H and O–H groups in total. The lowest BCUT2D eigenvalue weighted by atomic mass is 10.2. The van der Waals surface area contributed by atoms with Crippen LogP contribution in [0.3, 0.4) is 0 Å². The van der Waals surface area contributed by atoms with Gasteiger partial charge in [-0.25, -0.2) is 0 Å². The van der Waals surface area contributed by atoms with Gasteiger partial charge < -0.3 is 10.4 Å². The van der Waals surface area contributed by atoms with Crippen molar-refractivity contribution < 1.29 is 5.11 Å². The molecular formula is C11H14ClNO. The number of phenolic OH excluding ortho intramolecular Hbond substituents is 1. The molecule has 1 aromatic rings. The van der Waals surface area contributed by atoms with Crippen molar-refractivity contribution >= 4 is 17.7 Å². The molecule has 0 aliphatic carbocycles. The molecule has 0 aromatic heterocycles. The van der Waals surface area contributed by atoms with Gasteiger partial charge in [0.05, 0.1) is 0 Å². The van der Waals surface area contributed by atoms with E-state index in [2.05, 4.69) is 5.32 Å². The van der Waals surface area contributed by atoms with Crippen LogP contribution in [-0.2, 0) is 0 Å². The van der Waals surface area contributed by atoms with Gasteiger partial charge in [-0.2, -0.15) is 0 Å². The third-order valence-corrected chi connectivity index (χ3v) is 2.08. The van der Waals surface area contributed by atoms with Gasteiger partial charge >= 0.3 is 0 Å². The highest BCUT2D eigenvalue weighted by atomic mass is 35.5. The van der Waals surface area contributed by atoms with Gasteiger partial charge in [0, 0.05) is 10.6 Å². The topological polar surface area (TPSA) is 32.3 Å². The molecule has 3 heteroatoms. The lowest BCUT2D eigenvalue weighted by molar-refractivity contribution is 0.474. The molecule has 1 aromatic carbocycles. The second kappa shape index (κ2) is 5.68. The van der Waals surface area contributed by atoms with E-state index in [0.29, 0.717) is 5.02 Å². The van der Waals surface area contributed by atoms with Gasteiger partial charge in [-0.15, -0.1) is 0 Å². The second-order valence-corrected chi connectivity index (χ2v) is 3.43. The maximum atomic E-state index is 9.47. The standard InChI is InChI=1S/C11H14ClNO/c1-13-7-3-2-4-9-8-10(12)5-6-11(9)14/h2,4-6,8,13-14H,3,7H2,1H3. The molecule has 2 nitrogen and oxygen atoms in total.